The van der Waals surface area contributed by atoms with Crippen LogP contribution in [0.4, 0.5) is 0 Å². The molecule has 6 heteroatoms. The molecule has 0 aliphatic heterocycles. The largest absolute Gasteiger partial charge is 0.367 e. The minimum atomic E-state index is -0.118. The topological polar surface area (TPSA) is 49.9 Å². The molecular formula is C26H28N2O3S. The van der Waals surface area contributed by atoms with Gasteiger partial charge in [-0.05, 0) is 35.4 Å². The second-order valence-electron chi connectivity index (χ2n) is 8.05. The summed E-state index contributed by atoms with van der Waals surface area (Å²) in [7, 11) is 0. The zero-order chi connectivity index (χ0) is 22.2. The first-order valence-corrected chi connectivity index (χ1v) is 11.8. The molecule has 0 bridgehead atoms. The lowest BCUT2D eigenvalue weighted by Crippen LogP contribution is -2.44. The molecule has 0 radical (unpaired) electrons. The van der Waals surface area contributed by atoms with Crippen LogP contribution in [0.5, 0.6) is 0 Å². The molecule has 1 saturated carbocycles. The molecule has 1 aliphatic rings. The molecule has 4 rings (SSSR count). The van der Waals surface area contributed by atoms with E-state index < -0.39 is 0 Å². The first kappa shape index (κ1) is 22.2. The Morgan fingerprint density at radius 3 is 2.16 bits per heavy atom. The monoisotopic (exact) mass is 448 g/mol. The van der Waals surface area contributed by atoms with Gasteiger partial charge in [-0.15, -0.1) is 11.3 Å². The molecule has 2 aromatic carbocycles. The van der Waals surface area contributed by atoms with Crippen molar-refractivity contribution >= 4 is 23.2 Å². The molecule has 2 amide bonds. The SMILES string of the molecule is O=C(CN(C(=O)COCc1ccccc1)C1CC1)N(Cc1ccccc1)Cc1cccs1. The quantitative estimate of drug-likeness (QED) is 0.434. The highest BCUT2D eigenvalue weighted by atomic mass is 32.1. The smallest absolute Gasteiger partial charge is 0.249 e. The first-order chi connectivity index (χ1) is 15.7. The number of rotatable bonds is 11. The van der Waals surface area contributed by atoms with Crippen LogP contribution < -0.4 is 0 Å². The molecule has 0 unspecified atom stereocenters. The molecule has 166 valence electrons. The van der Waals surface area contributed by atoms with E-state index in [9.17, 15) is 9.59 Å². The number of benzene rings is 2. The number of ether oxygens (including phenoxy) is 1. The Bertz CT molecular complexity index is 988. The number of carbonyl (C=O) groups excluding carboxylic acids is 2. The lowest BCUT2D eigenvalue weighted by Gasteiger charge is -2.27. The van der Waals surface area contributed by atoms with Gasteiger partial charge in [-0.25, -0.2) is 0 Å². The van der Waals surface area contributed by atoms with Crippen molar-refractivity contribution in [3.05, 3.63) is 94.2 Å². The van der Waals surface area contributed by atoms with E-state index in [1.165, 1.54) is 0 Å². The number of hydrogen-bond donors (Lipinski definition) is 0. The summed E-state index contributed by atoms with van der Waals surface area (Å²) in [5.41, 5.74) is 2.10. The summed E-state index contributed by atoms with van der Waals surface area (Å²) in [5.74, 6) is -0.155. The van der Waals surface area contributed by atoms with Gasteiger partial charge in [0, 0.05) is 17.5 Å². The van der Waals surface area contributed by atoms with Crippen LogP contribution in [0.15, 0.2) is 78.2 Å². The van der Waals surface area contributed by atoms with Crippen LogP contribution in [0.2, 0.25) is 0 Å². The highest BCUT2D eigenvalue weighted by Crippen LogP contribution is 2.27. The number of nitrogens with zero attached hydrogens (tertiary/aromatic N) is 2. The molecule has 0 spiro atoms. The van der Waals surface area contributed by atoms with Gasteiger partial charge in [0.05, 0.1) is 13.2 Å². The summed E-state index contributed by atoms with van der Waals surface area (Å²) in [6.45, 7) is 1.54. The van der Waals surface area contributed by atoms with Crippen LogP contribution in [0.25, 0.3) is 0 Å². The van der Waals surface area contributed by atoms with E-state index in [4.69, 9.17) is 4.74 Å². The average molecular weight is 449 g/mol. The minimum Gasteiger partial charge on any atom is -0.367 e. The third-order valence-corrected chi connectivity index (χ3v) is 6.31. The summed E-state index contributed by atoms with van der Waals surface area (Å²) in [6, 6.07) is 23.9. The van der Waals surface area contributed by atoms with Gasteiger partial charge in [-0.1, -0.05) is 66.7 Å². The molecular weight excluding hydrogens is 420 g/mol. The molecule has 3 aromatic rings. The summed E-state index contributed by atoms with van der Waals surface area (Å²) in [5, 5.41) is 2.02. The molecule has 1 fully saturated rings. The van der Waals surface area contributed by atoms with Gasteiger partial charge < -0.3 is 14.5 Å². The van der Waals surface area contributed by atoms with E-state index in [0.717, 1.165) is 28.8 Å². The van der Waals surface area contributed by atoms with Crippen molar-refractivity contribution in [2.24, 2.45) is 0 Å². The molecule has 1 heterocycles. The van der Waals surface area contributed by atoms with Crippen LogP contribution in [-0.4, -0.2) is 40.8 Å². The first-order valence-electron chi connectivity index (χ1n) is 10.9. The molecule has 0 atom stereocenters. The maximum Gasteiger partial charge on any atom is 0.249 e. The number of amides is 2. The van der Waals surface area contributed by atoms with Gasteiger partial charge in [0.1, 0.15) is 13.2 Å². The predicted molar refractivity (Wildman–Crippen MR) is 126 cm³/mol. The van der Waals surface area contributed by atoms with Crippen molar-refractivity contribution in [1.29, 1.82) is 0 Å². The molecule has 0 saturated heterocycles. The van der Waals surface area contributed by atoms with Crippen LogP contribution in [-0.2, 0) is 34.0 Å². The second kappa shape index (κ2) is 11.1. The Morgan fingerprint density at radius 2 is 1.53 bits per heavy atom. The fourth-order valence-corrected chi connectivity index (χ4v) is 4.31. The van der Waals surface area contributed by atoms with Crippen LogP contribution in [0, 0.1) is 0 Å². The Kier molecular flexibility index (Phi) is 7.69. The Labute approximate surface area is 193 Å². The molecule has 5 nitrogen and oxygen atoms in total. The summed E-state index contributed by atoms with van der Waals surface area (Å²) >= 11 is 1.64. The third kappa shape index (κ3) is 6.52. The lowest BCUT2D eigenvalue weighted by atomic mass is 10.2. The van der Waals surface area contributed by atoms with E-state index >= 15 is 0 Å². The third-order valence-electron chi connectivity index (χ3n) is 5.45. The maximum atomic E-state index is 13.3. The van der Waals surface area contributed by atoms with Crippen LogP contribution >= 0.6 is 11.3 Å². The summed E-state index contributed by atoms with van der Waals surface area (Å²) < 4.78 is 5.65. The highest BCUT2D eigenvalue weighted by Gasteiger charge is 2.34. The average Bonchev–Trinajstić information content (AvgIpc) is 3.53. The van der Waals surface area contributed by atoms with Crippen molar-refractivity contribution in [2.45, 2.75) is 38.6 Å². The normalized spacial score (nSPS) is 13.0. The van der Waals surface area contributed by atoms with Crippen LogP contribution in [0.3, 0.4) is 0 Å². The molecule has 1 aromatic heterocycles. The van der Waals surface area contributed by atoms with E-state index in [1.54, 1.807) is 16.2 Å². The Morgan fingerprint density at radius 1 is 0.844 bits per heavy atom. The molecule has 1 aliphatic carbocycles. The van der Waals surface area contributed by atoms with Crippen molar-refractivity contribution < 1.29 is 14.3 Å². The van der Waals surface area contributed by atoms with Gasteiger partial charge >= 0.3 is 0 Å². The van der Waals surface area contributed by atoms with Crippen molar-refractivity contribution in [2.75, 3.05) is 13.2 Å². The van der Waals surface area contributed by atoms with E-state index in [0.29, 0.717) is 19.7 Å². The van der Waals surface area contributed by atoms with Gasteiger partial charge in [0.25, 0.3) is 0 Å². The Hall–Kier alpha value is -2.96. The molecule has 32 heavy (non-hydrogen) atoms. The van der Waals surface area contributed by atoms with Gasteiger partial charge in [-0.3, -0.25) is 9.59 Å². The zero-order valence-electron chi connectivity index (χ0n) is 18.1. The van der Waals surface area contributed by atoms with Gasteiger partial charge in [0.2, 0.25) is 11.8 Å². The van der Waals surface area contributed by atoms with Gasteiger partial charge in [-0.2, -0.15) is 0 Å². The lowest BCUT2D eigenvalue weighted by molar-refractivity contribution is -0.144. The van der Waals surface area contributed by atoms with E-state index in [-0.39, 0.29) is 31.0 Å². The standard InChI is InChI=1S/C26H28N2O3S/c29-25(27(17-24-12-7-15-32-24)16-21-8-3-1-4-9-21)18-28(23-13-14-23)26(30)20-31-19-22-10-5-2-6-11-22/h1-12,15,23H,13-14,16-20H2. The fraction of sp³-hybridized carbons (Fsp3) is 0.308. The predicted octanol–water partition coefficient (Wildman–Crippen LogP) is 4.48. The van der Waals surface area contributed by atoms with Crippen molar-refractivity contribution in [3.8, 4) is 0 Å². The summed E-state index contributed by atoms with van der Waals surface area (Å²) in [6.07, 6.45) is 1.89. The maximum absolute atomic E-state index is 13.3. The van der Waals surface area contributed by atoms with Crippen molar-refractivity contribution in [1.82, 2.24) is 9.80 Å². The van der Waals surface area contributed by atoms with Crippen LogP contribution in [0.1, 0.15) is 28.8 Å². The number of hydrogen-bond acceptors (Lipinski definition) is 4. The second-order valence-corrected chi connectivity index (χ2v) is 9.08. The minimum absolute atomic E-state index is 0.0116. The molecule has 0 N–H and O–H groups in total. The summed E-state index contributed by atoms with van der Waals surface area (Å²) in [4.78, 5) is 30.9. The van der Waals surface area contributed by atoms with E-state index in [2.05, 4.69) is 0 Å². The van der Waals surface area contributed by atoms with Crippen molar-refractivity contribution in [3.63, 3.8) is 0 Å². The highest BCUT2D eigenvalue weighted by molar-refractivity contribution is 7.09. The van der Waals surface area contributed by atoms with Gasteiger partial charge in [0.15, 0.2) is 0 Å². The van der Waals surface area contributed by atoms with E-state index in [1.807, 2.05) is 83.1 Å². The fourth-order valence-electron chi connectivity index (χ4n) is 3.59. The number of carbonyl (C=O) groups is 2. The Balaban J connectivity index is 1.38. The number of thiophene rings is 1. The zero-order valence-corrected chi connectivity index (χ0v) is 18.9.